The molecule has 8 heteroatoms. The number of aromatic nitrogens is 3. The molecule has 0 atom stereocenters. The molecule has 19 heavy (non-hydrogen) atoms. The molecule has 2 rings (SSSR count). The van der Waals surface area contributed by atoms with Crippen LogP contribution in [0.2, 0.25) is 0 Å². The number of hydrogen-bond acceptors (Lipinski definition) is 3. The van der Waals surface area contributed by atoms with Crippen LogP contribution in [-0.4, -0.2) is 25.8 Å². The van der Waals surface area contributed by atoms with E-state index in [2.05, 4.69) is 10.1 Å². The highest BCUT2D eigenvalue weighted by Crippen LogP contribution is 2.31. The van der Waals surface area contributed by atoms with Crippen LogP contribution >= 0.6 is 0 Å². The van der Waals surface area contributed by atoms with E-state index in [0.29, 0.717) is 4.68 Å². The summed E-state index contributed by atoms with van der Waals surface area (Å²) in [5.41, 5.74) is -0.877. The number of carboxylic acids is 1. The maximum absolute atomic E-state index is 12.8. The molecule has 0 aliphatic carbocycles. The van der Waals surface area contributed by atoms with Crippen LogP contribution in [0.5, 0.6) is 0 Å². The minimum Gasteiger partial charge on any atom is -0.478 e. The van der Waals surface area contributed by atoms with Gasteiger partial charge in [-0.1, -0.05) is 0 Å². The highest BCUT2D eigenvalue weighted by Gasteiger charge is 2.36. The first kappa shape index (κ1) is 13.1. The van der Waals surface area contributed by atoms with Crippen molar-refractivity contribution in [3.63, 3.8) is 0 Å². The van der Waals surface area contributed by atoms with E-state index in [4.69, 9.17) is 5.11 Å². The highest BCUT2D eigenvalue weighted by molar-refractivity contribution is 5.87. The van der Waals surface area contributed by atoms with E-state index < -0.39 is 17.8 Å². The Morgan fingerprint density at radius 3 is 2.53 bits per heavy atom. The van der Waals surface area contributed by atoms with Gasteiger partial charge in [0.2, 0.25) is 0 Å². The predicted octanol–water partition coefficient (Wildman–Crippen LogP) is 2.29. The Kier molecular flexibility index (Phi) is 3.01. The van der Waals surface area contributed by atoms with E-state index >= 15 is 0 Å². The van der Waals surface area contributed by atoms with Crippen molar-refractivity contribution in [2.45, 2.75) is 13.1 Å². The first-order valence-electron chi connectivity index (χ1n) is 5.12. The lowest BCUT2D eigenvalue weighted by Crippen LogP contribution is -2.14. The molecule has 0 bridgehead atoms. The average Bonchev–Trinajstić information content (AvgIpc) is 2.71. The zero-order chi connectivity index (χ0) is 14.2. The summed E-state index contributed by atoms with van der Waals surface area (Å²) in [4.78, 5) is 14.3. The fourth-order valence-electron chi connectivity index (χ4n) is 1.51. The first-order chi connectivity index (χ1) is 8.79. The summed E-state index contributed by atoms with van der Waals surface area (Å²) in [5.74, 6) is -1.29. The van der Waals surface area contributed by atoms with Crippen LogP contribution in [0.3, 0.4) is 0 Å². The smallest absolute Gasteiger partial charge is 0.433 e. The Bertz CT molecular complexity index is 617. The number of hydrogen-bond donors (Lipinski definition) is 1. The minimum absolute atomic E-state index is 0.0922. The fourth-order valence-corrected chi connectivity index (χ4v) is 1.51. The Morgan fingerprint density at radius 2 is 2.05 bits per heavy atom. The number of aromatic carboxylic acids is 1. The number of pyridine rings is 1. The van der Waals surface area contributed by atoms with Gasteiger partial charge in [0.1, 0.15) is 5.69 Å². The van der Waals surface area contributed by atoms with Gasteiger partial charge in [-0.3, -0.25) is 0 Å². The Hall–Kier alpha value is -2.38. The number of rotatable bonds is 2. The van der Waals surface area contributed by atoms with Gasteiger partial charge in [-0.05, 0) is 25.1 Å². The molecule has 0 aliphatic rings. The molecule has 0 aliphatic heterocycles. The number of alkyl halides is 3. The Labute approximate surface area is 105 Å². The van der Waals surface area contributed by atoms with Gasteiger partial charge in [-0.2, -0.15) is 18.3 Å². The van der Waals surface area contributed by atoms with Gasteiger partial charge in [0.25, 0.3) is 0 Å². The maximum Gasteiger partial charge on any atom is 0.433 e. The van der Waals surface area contributed by atoms with Crippen molar-refractivity contribution in [1.29, 1.82) is 0 Å². The van der Waals surface area contributed by atoms with Crippen molar-refractivity contribution >= 4 is 5.97 Å². The monoisotopic (exact) mass is 271 g/mol. The highest BCUT2D eigenvalue weighted by atomic mass is 19.4. The summed E-state index contributed by atoms with van der Waals surface area (Å²) in [6, 6.07) is 3.24. The van der Waals surface area contributed by atoms with Crippen LogP contribution < -0.4 is 0 Å². The number of aryl methyl sites for hydroxylation is 1. The standard InChI is InChI=1S/C11H8F3N3O2/c1-6-4-8(11(12,13)14)17(16-6)9-3-2-7(5-15-9)10(18)19/h2-5H,1H3,(H,18,19). The van der Waals surface area contributed by atoms with Crippen LogP contribution in [0.4, 0.5) is 13.2 Å². The summed E-state index contributed by atoms with van der Waals surface area (Å²) < 4.78 is 39.0. The van der Waals surface area contributed by atoms with E-state index in [-0.39, 0.29) is 17.1 Å². The number of carboxylic acid groups (broad SMARTS) is 1. The number of nitrogens with zero attached hydrogens (tertiary/aromatic N) is 3. The molecule has 0 saturated carbocycles. The van der Waals surface area contributed by atoms with E-state index in [1.165, 1.54) is 19.1 Å². The molecule has 0 radical (unpaired) electrons. The van der Waals surface area contributed by atoms with Gasteiger partial charge in [-0.15, -0.1) is 0 Å². The molecule has 2 aromatic heterocycles. The summed E-state index contributed by atoms with van der Waals surface area (Å²) in [7, 11) is 0. The topological polar surface area (TPSA) is 68.0 Å². The molecule has 2 aromatic rings. The quantitative estimate of drug-likeness (QED) is 0.909. The molecule has 1 N–H and O–H groups in total. The summed E-state index contributed by atoms with van der Waals surface area (Å²) in [6.07, 6.45) is -3.58. The summed E-state index contributed by atoms with van der Waals surface area (Å²) in [5, 5.41) is 12.4. The SMILES string of the molecule is Cc1cc(C(F)(F)F)n(-c2ccc(C(=O)O)cn2)n1. The van der Waals surface area contributed by atoms with E-state index in [0.717, 1.165) is 12.3 Å². The lowest BCUT2D eigenvalue weighted by atomic mass is 10.3. The molecule has 100 valence electrons. The Morgan fingerprint density at radius 1 is 1.37 bits per heavy atom. The Balaban J connectivity index is 2.50. The van der Waals surface area contributed by atoms with Crippen LogP contribution in [0, 0.1) is 6.92 Å². The number of carbonyl (C=O) groups is 1. The zero-order valence-corrected chi connectivity index (χ0v) is 9.64. The van der Waals surface area contributed by atoms with E-state index in [1.54, 1.807) is 0 Å². The molecule has 2 heterocycles. The molecule has 0 fully saturated rings. The maximum atomic E-state index is 12.8. The lowest BCUT2D eigenvalue weighted by Gasteiger charge is -2.09. The third-order valence-electron chi connectivity index (χ3n) is 2.33. The number of halogens is 3. The van der Waals surface area contributed by atoms with Crippen LogP contribution in [0.25, 0.3) is 5.82 Å². The molecule has 0 amide bonds. The van der Waals surface area contributed by atoms with Crippen LogP contribution in [-0.2, 0) is 6.18 Å². The summed E-state index contributed by atoms with van der Waals surface area (Å²) in [6.45, 7) is 1.43. The van der Waals surface area contributed by atoms with Gasteiger partial charge in [-0.25, -0.2) is 14.5 Å². The van der Waals surface area contributed by atoms with Crippen molar-refractivity contribution < 1.29 is 23.1 Å². The van der Waals surface area contributed by atoms with Crippen molar-refractivity contribution in [2.75, 3.05) is 0 Å². The third kappa shape index (κ3) is 2.56. The molecule has 0 aromatic carbocycles. The largest absolute Gasteiger partial charge is 0.478 e. The lowest BCUT2D eigenvalue weighted by molar-refractivity contribution is -0.142. The van der Waals surface area contributed by atoms with Crippen molar-refractivity contribution in [3.8, 4) is 5.82 Å². The van der Waals surface area contributed by atoms with E-state index in [9.17, 15) is 18.0 Å². The van der Waals surface area contributed by atoms with Crippen molar-refractivity contribution in [2.24, 2.45) is 0 Å². The molecular weight excluding hydrogens is 263 g/mol. The molecule has 0 spiro atoms. The second kappa shape index (κ2) is 4.38. The second-order valence-electron chi connectivity index (χ2n) is 3.79. The van der Waals surface area contributed by atoms with Gasteiger partial charge >= 0.3 is 12.1 Å². The summed E-state index contributed by atoms with van der Waals surface area (Å²) >= 11 is 0. The third-order valence-corrected chi connectivity index (χ3v) is 2.33. The molecule has 0 unspecified atom stereocenters. The van der Waals surface area contributed by atoms with E-state index in [1.807, 2.05) is 0 Å². The second-order valence-corrected chi connectivity index (χ2v) is 3.79. The van der Waals surface area contributed by atoms with Crippen molar-refractivity contribution in [3.05, 3.63) is 41.3 Å². The zero-order valence-electron chi connectivity index (χ0n) is 9.64. The van der Waals surface area contributed by atoms with Crippen LogP contribution in [0.1, 0.15) is 21.7 Å². The van der Waals surface area contributed by atoms with Gasteiger partial charge in [0.15, 0.2) is 5.82 Å². The predicted molar refractivity (Wildman–Crippen MR) is 58.1 cm³/mol. The van der Waals surface area contributed by atoms with Gasteiger partial charge in [0, 0.05) is 6.20 Å². The van der Waals surface area contributed by atoms with Gasteiger partial charge < -0.3 is 5.11 Å². The average molecular weight is 271 g/mol. The normalized spacial score (nSPS) is 11.6. The first-order valence-corrected chi connectivity index (χ1v) is 5.12. The molecular formula is C11H8F3N3O2. The minimum atomic E-state index is -4.56. The fraction of sp³-hybridized carbons (Fsp3) is 0.182. The molecule has 0 saturated heterocycles. The van der Waals surface area contributed by atoms with Crippen molar-refractivity contribution in [1.82, 2.24) is 14.8 Å². The van der Waals surface area contributed by atoms with Crippen LogP contribution in [0.15, 0.2) is 24.4 Å². The molecule has 5 nitrogen and oxygen atoms in total. The van der Waals surface area contributed by atoms with Gasteiger partial charge in [0.05, 0.1) is 11.3 Å².